The van der Waals surface area contributed by atoms with Crippen molar-refractivity contribution in [2.24, 2.45) is 0 Å². The summed E-state index contributed by atoms with van der Waals surface area (Å²) in [5.41, 5.74) is 5.41. The van der Waals surface area contributed by atoms with Crippen LogP contribution in [0.2, 0.25) is 0 Å². The zero-order valence-electron chi connectivity index (χ0n) is 41.2. The smallest absolute Gasteiger partial charge is 0.504 e. The van der Waals surface area contributed by atoms with Crippen LogP contribution in [0, 0.1) is 25.2 Å². The standard InChI is InChI=1S/C54H55N4O13PS/c1-29-19-35-20-37-38(23-55)58-39-26-65-53(61)54(27-73-52(46(58)45(57(37)4)42(35)47(60)48(29)64-6)44-43(39)51-50(66-28-67-51)30(2)49(44)70-31(3)59)36-22-40(63-5)41(21-34(36)17-18-56-54)71-72(62,68-24-32-13-9-7-10-14-32)69-25-33-15-11-8-12-16-33/h7-16,19,21-22,37-39,45-46,52,56,60H,17-18,20,24-28H2,1-6H3/t37-,38-,39+,45+,46?,52+,54+/m0/s1. The number of piperazine rings is 1. The van der Waals surface area contributed by atoms with Crippen LogP contribution in [0.3, 0.4) is 0 Å². The summed E-state index contributed by atoms with van der Waals surface area (Å²) in [5, 5.41) is 26.5. The summed E-state index contributed by atoms with van der Waals surface area (Å²) in [7, 11) is 0.603. The highest BCUT2D eigenvalue weighted by atomic mass is 32.2. The fourth-order valence-electron chi connectivity index (χ4n) is 11.9. The largest absolute Gasteiger partial charge is 0.530 e. The number of phosphoric acid groups is 1. The van der Waals surface area contributed by atoms with Crippen LogP contribution in [-0.4, -0.2) is 91.9 Å². The van der Waals surface area contributed by atoms with Crippen LogP contribution in [0.5, 0.6) is 40.2 Å². The van der Waals surface area contributed by atoms with Gasteiger partial charge in [-0.25, -0.2) is 9.36 Å². The van der Waals surface area contributed by atoms with E-state index in [0.717, 1.165) is 22.3 Å². The highest BCUT2D eigenvalue weighted by Crippen LogP contribution is 2.65. The molecule has 1 spiro atoms. The predicted octanol–water partition coefficient (Wildman–Crippen LogP) is 8.20. The molecule has 19 heteroatoms. The third kappa shape index (κ3) is 8.17. The number of carbonyl (C=O) groups excluding carboxylic acids is 2. The van der Waals surface area contributed by atoms with E-state index in [4.69, 9.17) is 42.0 Å². The first-order valence-corrected chi connectivity index (χ1v) is 26.6. The molecule has 12 rings (SSSR count). The zero-order chi connectivity index (χ0) is 50.9. The summed E-state index contributed by atoms with van der Waals surface area (Å²) >= 11 is 1.45. The first-order chi connectivity index (χ1) is 35.3. The molecule has 0 aliphatic carbocycles. The Hall–Kier alpha value is -6.29. The fraction of sp³-hybridized carbons (Fsp3) is 0.389. The zero-order valence-corrected chi connectivity index (χ0v) is 42.9. The molecule has 5 aromatic carbocycles. The Balaban J connectivity index is 1.05. The first kappa shape index (κ1) is 48.9. The number of aromatic hydroxyl groups is 1. The Morgan fingerprint density at radius 3 is 2.27 bits per heavy atom. The molecule has 2 fully saturated rings. The van der Waals surface area contributed by atoms with Crippen LogP contribution in [0.4, 0.5) is 0 Å². The van der Waals surface area contributed by atoms with Crippen LogP contribution >= 0.6 is 19.6 Å². The lowest BCUT2D eigenvalue weighted by Crippen LogP contribution is -2.69. The first-order valence-electron chi connectivity index (χ1n) is 24.1. The van der Waals surface area contributed by atoms with E-state index in [1.807, 2.05) is 87.6 Å². The van der Waals surface area contributed by atoms with Gasteiger partial charge in [-0.05, 0) is 79.3 Å². The van der Waals surface area contributed by atoms with E-state index in [1.54, 1.807) is 12.1 Å². The number of nitriles is 1. The van der Waals surface area contributed by atoms with E-state index in [0.29, 0.717) is 75.8 Å². The molecule has 5 aromatic rings. The Labute approximate surface area is 427 Å². The number of rotatable bonds is 11. The lowest BCUT2D eigenvalue weighted by molar-refractivity contribution is -0.157. The van der Waals surface area contributed by atoms with Gasteiger partial charge in [0.15, 0.2) is 40.0 Å². The van der Waals surface area contributed by atoms with Crippen molar-refractivity contribution < 1.29 is 61.3 Å². The van der Waals surface area contributed by atoms with Gasteiger partial charge in [-0.3, -0.25) is 29.0 Å². The lowest BCUT2D eigenvalue weighted by atomic mass is 9.71. The topological polar surface area (TPSA) is 197 Å². The van der Waals surface area contributed by atoms with Gasteiger partial charge in [-0.15, -0.1) is 11.8 Å². The minimum Gasteiger partial charge on any atom is -0.504 e. The highest BCUT2D eigenvalue weighted by Gasteiger charge is 2.62. The molecular formula is C54H55N4O13PS. The number of hydrogen-bond donors (Lipinski definition) is 2. The van der Waals surface area contributed by atoms with Crippen molar-refractivity contribution in [2.75, 3.05) is 47.0 Å². The van der Waals surface area contributed by atoms with Crippen LogP contribution < -0.4 is 33.5 Å². The maximum Gasteiger partial charge on any atom is 0.530 e. The van der Waals surface area contributed by atoms with Crippen LogP contribution in [-0.2, 0) is 59.5 Å². The molecule has 0 aromatic heterocycles. The molecule has 17 nitrogen and oxygen atoms in total. The number of phosphoric ester groups is 1. The van der Waals surface area contributed by atoms with E-state index in [9.17, 15) is 19.7 Å². The van der Waals surface area contributed by atoms with Crippen molar-refractivity contribution in [1.82, 2.24) is 15.1 Å². The molecule has 0 radical (unpaired) electrons. The van der Waals surface area contributed by atoms with Crippen molar-refractivity contribution >= 4 is 31.5 Å². The maximum absolute atomic E-state index is 15.4. The molecule has 380 valence electrons. The molecule has 7 aliphatic heterocycles. The summed E-state index contributed by atoms with van der Waals surface area (Å²) in [6, 6.07) is 23.6. The van der Waals surface area contributed by atoms with Gasteiger partial charge in [0.2, 0.25) is 6.79 Å². The quantitative estimate of drug-likeness (QED) is 0.0729. The molecule has 2 saturated heterocycles. The molecule has 4 bridgehead atoms. The second-order valence-corrected chi connectivity index (χ2v) is 21.8. The summed E-state index contributed by atoms with van der Waals surface area (Å²) in [6.45, 7) is 4.92. The minimum atomic E-state index is -4.36. The molecule has 0 saturated carbocycles. The highest BCUT2D eigenvalue weighted by molar-refractivity contribution is 7.99. The van der Waals surface area contributed by atoms with E-state index in [2.05, 4.69) is 21.2 Å². The Kier molecular flexibility index (Phi) is 12.9. The van der Waals surface area contributed by atoms with Crippen molar-refractivity contribution in [3.8, 4) is 46.3 Å². The Bertz CT molecular complexity index is 3070. The fourth-order valence-corrected chi connectivity index (χ4v) is 14.8. The van der Waals surface area contributed by atoms with Crippen molar-refractivity contribution in [2.45, 2.75) is 87.8 Å². The summed E-state index contributed by atoms with van der Waals surface area (Å²) in [5.74, 6) is 0.690. The number of nitrogens with one attached hydrogen (secondary N) is 1. The molecule has 73 heavy (non-hydrogen) atoms. The number of carbonyl (C=O) groups is 2. The number of thioether (sulfide) groups is 1. The van der Waals surface area contributed by atoms with Gasteiger partial charge in [0.25, 0.3) is 0 Å². The number of likely N-dealkylation sites (N-methyl/N-ethyl adjacent to an activating group) is 1. The van der Waals surface area contributed by atoms with E-state index >= 15 is 4.79 Å². The molecule has 0 amide bonds. The number of phenols is 1. The van der Waals surface area contributed by atoms with Gasteiger partial charge < -0.3 is 38.1 Å². The average Bonchev–Trinajstić information content (AvgIpc) is 3.88. The summed E-state index contributed by atoms with van der Waals surface area (Å²) in [6.07, 6.45) is 0.893. The third-order valence-corrected chi connectivity index (χ3v) is 17.9. The van der Waals surface area contributed by atoms with Crippen molar-refractivity contribution in [1.29, 1.82) is 5.26 Å². The predicted molar refractivity (Wildman–Crippen MR) is 267 cm³/mol. The molecule has 1 unspecified atom stereocenters. The molecule has 7 atom stereocenters. The average molecular weight is 1030 g/mol. The van der Waals surface area contributed by atoms with Crippen LogP contribution in [0.25, 0.3) is 0 Å². The number of hydrogen-bond acceptors (Lipinski definition) is 18. The monoisotopic (exact) mass is 1030 g/mol. The second kappa shape index (κ2) is 19.2. The SMILES string of the molecule is COc1cc2c(cc1OP(=O)(OCc1ccccc1)OCc1ccccc1)CCN[C@]21CS[C@@H]2c3c(OC(C)=O)c(C)c4c(c3[C@@H](COC1=O)N1C2[C@H]2c3c(cc(C)c(OC)c3O)C[C@@H]([C@@H]1C#N)N2C)OCO4. The number of nitrogens with zero attached hydrogens (tertiary/aromatic N) is 3. The number of ether oxygens (including phenoxy) is 6. The molecular weight excluding hydrogens is 976 g/mol. The van der Waals surface area contributed by atoms with Gasteiger partial charge in [0.1, 0.15) is 18.4 Å². The minimum absolute atomic E-state index is 0.0137. The van der Waals surface area contributed by atoms with E-state index < -0.39 is 54.7 Å². The molecule has 7 aliphatic rings. The van der Waals surface area contributed by atoms with Crippen LogP contribution in [0.15, 0.2) is 78.9 Å². The summed E-state index contributed by atoms with van der Waals surface area (Å²) < 4.78 is 70.1. The van der Waals surface area contributed by atoms with Gasteiger partial charge in [0.05, 0.1) is 50.8 Å². The van der Waals surface area contributed by atoms with Crippen molar-refractivity contribution in [3.63, 3.8) is 0 Å². The van der Waals surface area contributed by atoms with Gasteiger partial charge in [-0.1, -0.05) is 66.7 Å². The van der Waals surface area contributed by atoms with E-state index in [-0.39, 0.29) is 55.7 Å². The third-order valence-electron chi connectivity index (χ3n) is 15.1. The molecule has 2 N–H and O–H groups in total. The normalized spacial score (nSPS) is 24.8. The summed E-state index contributed by atoms with van der Waals surface area (Å²) in [4.78, 5) is 32.9. The second-order valence-electron chi connectivity index (χ2n) is 19.1. The van der Waals surface area contributed by atoms with Gasteiger partial charge in [-0.2, -0.15) is 5.26 Å². The number of aryl methyl sites for hydroxylation is 1. The van der Waals surface area contributed by atoms with Gasteiger partial charge >= 0.3 is 19.8 Å². The van der Waals surface area contributed by atoms with Crippen LogP contribution in [0.1, 0.15) is 79.9 Å². The Morgan fingerprint density at radius 2 is 1.62 bits per heavy atom. The Morgan fingerprint density at radius 1 is 0.918 bits per heavy atom. The number of esters is 2. The van der Waals surface area contributed by atoms with Crippen molar-refractivity contribution in [3.05, 3.63) is 134 Å². The maximum atomic E-state index is 15.4. The van der Waals surface area contributed by atoms with E-state index in [1.165, 1.54) is 32.9 Å². The number of methoxy groups -OCH3 is 2. The van der Waals surface area contributed by atoms with Gasteiger partial charge in [0, 0.05) is 53.6 Å². The number of benzene rings is 5. The lowest BCUT2D eigenvalue weighted by Gasteiger charge is -2.62. The molecule has 7 heterocycles. The number of phenolic OH excluding ortho intramolecular Hbond substituents is 1. The number of fused-ring (bicyclic) bond motifs is 9.